The molecule has 2 aromatic heterocycles. The summed E-state index contributed by atoms with van der Waals surface area (Å²) < 4.78 is 54.0. The number of aromatic nitrogens is 3. The Balaban J connectivity index is 1.72. The molecule has 4 rings (SSSR count). The monoisotopic (exact) mass is 449 g/mol. The molecule has 170 valence electrons. The molecule has 1 fully saturated rings. The predicted molar refractivity (Wildman–Crippen MR) is 113 cm³/mol. The van der Waals surface area contributed by atoms with Crippen LogP contribution in [0.1, 0.15) is 42.3 Å². The highest BCUT2D eigenvalue weighted by Gasteiger charge is 2.37. The molecule has 32 heavy (non-hydrogen) atoms. The van der Waals surface area contributed by atoms with Crippen LogP contribution in [0.15, 0.2) is 24.4 Å². The van der Waals surface area contributed by atoms with E-state index >= 15 is 0 Å². The first-order valence-electron chi connectivity index (χ1n) is 10.1. The van der Waals surface area contributed by atoms with Crippen molar-refractivity contribution in [2.75, 3.05) is 23.3 Å². The third kappa shape index (κ3) is 4.06. The van der Waals surface area contributed by atoms with E-state index in [1.807, 2.05) is 4.90 Å². The Morgan fingerprint density at radius 1 is 1.12 bits per heavy atom. The van der Waals surface area contributed by atoms with E-state index in [1.165, 1.54) is 6.92 Å². The van der Waals surface area contributed by atoms with Gasteiger partial charge in [-0.3, -0.25) is 0 Å². The van der Waals surface area contributed by atoms with Gasteiger partial charge in [0.15, 0.2) is 5.82 Å². The second kappa shape index (κ2) is 7.54. The Kier molecular flexibility index (Phi) is 5.23. The molecule has 1 aliphatic rings. The maximum atomic E-state index is 14.0. The minimum Gasteiger partial charge on any atom is -0.386 e. The number of hydrogen-bond acceptors (Lipinski definition) is 6. The lowest BCUT2D eigenvalue weighted by molar-refractivity contribution is -0.138. The van der Waals surface area contributed by atoms with Gasteiger partial charge in [-0.1, -0.05) is 0 Å². The lowest BCUT2D eigenvalue weighted by Gasteiger charge is -2.45. The lowest BCUT2D eigenvalue weighted by atomic mass is 9.96. The van der Waals surface area contributed by atoms with Crippen LogP contribution >= 0.6 is 0 Å². The van der Waals surface area contributed by atoms with Crippen molar-refractivity contribution in [2.45, 2.75) is 45.5 Å². The number of aryl methyl sites for hydroxylation is 1. The number of hydrogen-bond donors (Lipinski definition) is 2. The van der Waals surface area contributed by atoms with Gasteiger partial charge in [-0.25, -0.2) is 9.37 Å². The second-order valence-electron chi connectivity index (χ2n) is 8.61. The normalized spacial score (nSPS) is 16.7. The summed E-state index contributed by atoms with van der Waals surface area (Å²) in [4.78, 5) is 6.35. The van der Waals surface area contributed by atoms with Gasteiger partial charge in [0.1, 0.15) is 11.6 Å². The molecule has 0 unspecified atom stereocenters. The van der Waals surface area contributed by atoms with Crippen LogP contribution in [0.2, 0.25) is 0 Å². The van der Waals surface area contributed by atoms with Crippen molar-refractivity contribution in [1.82, 2.24) is 15.2 Å². The van der Waals surface area contributed by atoms with E-state index in [0.717, 1.165) is 11.5 Å². The van der Waals surface area contributed by atoms with Crippen molar-refractivity contribution in [3.8, 4) is 0 Å². The maximum absolute atomic E-state index is 14.0. The SMILES string of the molecule is Cc1c([C@@H](C)Nc2nnc(C)c3cnc(N4CC(C)(O)C4)cc23)cc(F)cc1C(F)(F)F. The smallest absolute Gasteiger partial charge is 0.386 e. The van der Waals surface area contributed by atoms with Crippen LogP contribution in [0.3, 0.4) is 0 Å². The molecule has 1 saturated heterocycles. The number of anilines is 2. The van der Waals surface area contributed by atoms with Crippen molar-refractivity contribution >= 4 is 22.4 Å². The first kappa shape index (κ1) is 22.2. The number of nitrogens with zero attached hydrogens (tertiary/aromatic N) is 4. The highest BCUT2D eigenvalue weighted by molar-refractivity contribution is 5.94. The van der Waals surface area contributed by atoms with Gasteiger partial charge in [-0.05, 0) is 57.0 Å². The second-order valence-corrected chi connectivity index (χ2v) is 8.61. The van der Waals surface area contributed by atoms with Crippen molar-refractivity contribution in [3.05, 3.63) is 52.6 Å². The number of alkyl halides is 3. The summed E-state index contributed by atoms with van der Waals surface area (Å²) in [6.07, 6.45) is -3.00. The van der Waals surface area contributed by atoms with Crippen LogP contribution in [-0.4, -0.2) is 39.0 Å². The Morgan fingerprint density at radius 3 is 2.44 bits per heavy atom. The van der Waals surface area contributed by atoms with Gasteiger partial charge in [0.2, 0.25) is 0 Å². The molecular weight excluding hydrogens is 426 g/mol. The standard InChI is InChI=1S/C22H23F4N5O/c1-11-15(5-14(23)6-18(11)22(24,25)26)12(2)28-20-16-7-19(31-9-21(4,32)10-31)27-8-17(16)13(3)29-30-20/h5-8,12,32H,9-10H2,1-4H3,(H,28,30)/t12-/m1/s1. The van der Waals surface area contributed by atoms with Crippen LogP contribution in [0.5, 0.6) is 0 Å². The Morgan fingerprint density at radius 2 is 1.81 bits per heavy atom. The van der Waals surface area contributed by atoms with E-state index in [-0.39, 0.29) is 11.1 Å². The number of pyridine rings is 1. The lowest BCUT2D eigenvalue weighted by Crippen LogP contribution is -2.60. The average Bonchev–Trinajstić information content (AvgIpc) is 2.68. The molecule has 2 N–H and O–H groups in total. The number of fused-ring (bicyclic) bond motifs is 1. The van der Waals surface area contributed by atoms with Crippen LogP contribution in [-0.2, 0) is 6.18 Å². The number of rotatable bonds is 4. The fourth-order valence-corrected chi connectivity index (χ4v) is 4.11. The number of aliphatic hydroxyl groups is 1. The van der Waals surface area contributed by atoms with Gasteiger partial charge in [-0.2, -0.15) is 18.3 Å². The summed E-state index contributed by atoms with van der Waals surface area (Å²) in [6, 6.07) is 2.74. The molecule has 1 atom stereocenters. The van der Waals surface area contributed by atoms with Gasteiger partial charge < -0.3 is 15.3 Å². The van der Waals surface area contributed by atoms with E-state index in [9.17, 15) is 22.7 Å². The molecule has 1 aromatic carbocycles. The summed E-state index contributed by atoms with van der Waals surface area (Å²) >= 11 is 0. The number of β-amino-alcohol motifs (C(OH)–C–C–N with tert-alkyl or cyclic N) is 1. The van der Waals surface area contributed by atoms with Gasteiger partial charge in [0.25, 0.3) is 0 Å². The molecule has 3 heterocycles. The molecule has 6 nitrogen and oxygen atoms in total. The number of nitrogens with one attached hydrogen (secondary N) is 1. The van der Waals surface area contributed by atoms with Gasteiger partial charge in [-0.15, -0.1) is 5.10 Å². The van der Waals surface area contributed by atoms with Crippen LogP contribution in [0.25, 0.3) is 10.8 Å². The largest absolute Gasteiger partial charge is 0.416 e. The highest BCUT2D eigenvalue weighted by atomic mass is 19.4. The van der Waals surface area contributed by atoms with E-state index in [2.05, 4.69) is 20.5 Å². The minimum absolute atomic E-state index is 0.0477. The topological polar surface area (TPSA) is 74.2 Å². The zero-order valence-electron chi connectivity index (χ0n) is 18.0. The third-order valence-corrected chi connectivity index (χ3v) is 5.76. The molecular formula is C22H23F4N5O. The quantitative estimate of drug-likeness (QED) is 0.570. The van der Waals surface area contributed by atoms with Crippen molar-refractivity contribution < 1.29 is 22.7 Å². The molecule has 0 bridgehead atoms. The first-order valence-corrected chi connectivity index (χ1v) is 10.1. The fraction of sp³-hybridized carbons (Fsp3) is 0.409. The Bertz CT molecular complexity index is 1190. The van der Waals surface area contributed by atoms with Crippen LogP contribution < -0.4 is 10.2 Å². The van der Waals surface area contributed by atoms with E-state index < -0.39 is 29.2 Å². The number of halogens is 4. The molecule has 0 radical (unpaired) electrons. The van der Waals surface area contributed by atoms with Gasteiger partial charge >= 0.3 is 6.18 Å². The molecule has 0 spiro atoms. The average molecular weight is 449 g/mol. The van der Waals surface area contributed by atoms with E-state index in [0.29, 0.717) is 41.9 Å². The fourth-order valence-electron chi connectivity index (χ4n) is 4.11. The van der Waals surface area contributed by atoms with Gasteiger partial charge in [0, 0.05) is 30.1 Å². The maximum Gasteiger partial charge on any atom is 0.416 e. The summed E-state index contributed by atoms with van der Waals surface area (Å²) in [5, 5.41) is 22.8. The molecule has 10 heteroatoms. The first-order chi connectivity index (χ1) is 14.9. The molecule has 0 amide bonds. The van der Waals surface area contributed by atoms with Crippen molar-refractivity contribution in [3.63, 3.8) is 0 Å². The predicted octanol–water partition coefficient (Wildman–Crippen LogP) is 4.54. The Hall–Kier alpha value is -3.01. The van der Waals surface area contributed by atoms with Crippen LogP contribution in [0.4, 0.5) is 29.2 Å². The molecule has 1 aliphatic heterocycles. The highest BCUT2D eigenvalue weighted by Crippen LogP contribution is 2.37. The molecule has 0 aliphatic carbocycles. The number of benzene rings is 1. The minimum atomic E-state index is -4.66. The van der Waals surface area contributed by atoms with Crippen molar-refractivity contribution in [2.24, 2.45) is 0 Å². The van der Waals surface area contributed by atoms with Crippen molar-refractivity contribution in [1.29, 1.82) is 0 Å². The zero-order chi connectivity index (χ0) is 23.4. The Labute approximate surface area is 182 Å². The summed E-state index contributed by atoms with van der Waals surface area (Å²) in [5.74, 6) is 0.0439. The summed E-state index contributed by atoms with van der Waals surface area (Å²) in [7, 11) is 0. The summed E-state index contributed by atoms with van der Waals surface area (Å²) in [5.41, 5.74) is -0.996. The van der Waals surface area contributed by atoms with Gasteiger partial charge in [0.05, 0.1) is 22.9 Å². The van der Waals surface area contributed by atoms with E-state index in [4.69, 9.17) is 0 Å². The third-order valence-electron chi connectivity index (χ3n) is 5.76. The molecule has 3 aromatic rings. The van der Waals surface area contributed by atoms with Crippen LogP contribution in [0, 0.1) is 19.7 Å². The molecule has 0 saturated carbocycles. The zero-order valence-corrected chi connectivity index (χ0v) is 18.0. The van der Waals surface area contributed by atoms with E-state index in [1.54, 1.807) is 33.0 Å². The summed E-state index contributed by atoms with van der Waals surface area (Å²) in [6.45, 7) is 7.36.